The second-order valence-electron chi connectivity index (χ2n) is 2.58. The van der Waals surface area contributed by atoms with Crippen LogP contribution in [-0.4, -0.2) is 17.9 Å². The van der Waals surface area contributed by atoms with Gasteiger partial charge >= 0.3 is 0 Å². The monoisotopic (exact) mass is 189 g/mol. The van der Waals surface area contributed by atoms with E-state index in [1.54, 1.807) is 37.4 Å². The first-order chi connectivity index (χ1) is 6.63. The van der Waals surface area contributed by atoms with E-state index in [4.69, 9.17) is 0 Å². The number of nitrogens with zero attached hydrogens (tertiary/aromatic N) is 1. The Morgan fingerprint density at radius 3 is 2.14 bits per heavy atom. The summed E-state index contributed by atoms with van der Waals surface area (Å²) < 4.78 is 0. The van der Waals surface area contributed by atoms with Gasteiger partial charge in [-0.3, -0.25) is 4.79 Å². The third-order valence-corrected chi connectivity index (χ3v) is 1.56. The average Bonchev–Trinajstić information content (AvgIpc) is 2.21. The summed E-state index contributed by atoms with van der Waals surface area (Å²) in [4.78, 5) is 12.8. The van der Waals surface area contributed by atoms with Gasteiger partial charge in [0, 0.05) is 18.8 Å². The van der Waals surface area contributed by atoms with Crippen LogP contribution in [0.3, 0.4) is 0 Å². The molecule has 0 bridgehead atoms. The molecule has 0 aromatic heterocycles. The molecule has 0 saturated carbocycles. The van der Waals surface area contributed by atoms with E-state index < -0.39 is 0 Å². The Kier molecular flexibility index (Phi) is 5.79. The number of carbonyl (C=O) groups is 1. The third kappa shape index (κ3) is 4.26. The van der Waals surface area contributed by atoms with Crippen LogP contribution < -0.4 is 0 Å². The van der Waals surface area contributed by atoms with Crippen LogP contribution in [0.5, 0.6) is 0 Å². The summed E-state index contributed by atoms with van der Waals surface area (Å²) >= 11 is 0. The largest absolute Gasteiger partial charge is 0.313 e. The summed E-state index contributed by atoms with van der Waals surface area (Å²) in [5, 5.41) is 0. The average molecular weight is 189 g/mol. The van der Waals surface area contributed by atoms with Crippen LogP contribution in [0.2, 0.25) is 0 Å². The molecule has 1 amide bonds. The highest BCUT2D eigenvalue weighted by Gasteiger charge is 2.04. The fraction of sp³-hybridized carbons (Fsp3) is 0.0833. The predicted molar refractivity (Wildman–Crippen MR) is 60.6 cm³/mol. The molecule has 0 aliphatic rings. The van der Waals surface area contributed by atoms with Crippen LogP contribution >= 0.6 is 0 Å². The van der Waals surface area contributed by atoms with Crippen LogP contribution in [0.4, 0.5) is 0 Å². The predicted octanol–water partition coefficient (Wildman–Crippen LogP) is 2.44. The van der Waals surface area contributed by atoms with Gasteiger partial charge < -0.3 is 4.90 Å². The molecule has 74 valence electrons. The zero-order valence-corrected chi connectivity index (χ0v) is 8.44. The van der Waals surface area contributed by atoms with E-state index in [9.17, 15) is 4.79 Å². The van der Waals surface area contributed by atoms with Crippen LogP contribution in [0.1, 0.15) is 0 Å². The lowest BCUT2D eigenvalue weighted by atomic mass is 10.3. The lowest BCUT2D eigenvalue weighted by Gasteiger charge is -2.14. The van der Waals surface area contributed by atoms with Crippen molar-refractivity contribution < 1.29 is 4.79 Å². The minimum absolute atomic E-state index is 0.136. The molecule has 0 aromatic rings. The molecule has 0 rings (SSSR count). The maximum absolute atomic E-state index is 11.4. The van der Waals surface area contributed by atoms with Crippen molar-refractivity contribution >= 4 is 5.91 Å². The zero-order valence-electron chi connectivity index (χ0n) is 8.44. The van der Waals surface area contributed by atoms with Gasteiger partial charge in [0.05, 0.1) is 0 Å². The van der Waals surface area contributed by atoms with E-state index >= 15 is 0 Å². The van der Waals surface area contributed by atoms with Crippen LogP contribution in [0.25, 0.3) is 0 Å². The van der Waals surface area contributed by atoms with Crippen molar-refractivity contribution in [3.05, 3.63) is 61.9 Å². The first-order valence-electron chi connectivity index (χ1n) is 4.18. The number of allylic oxidation sites excluding steroid dienone is 5. The molecule has 0 spiro atoms. The molecule has 0 aliphatic carbocycles. The Morgan fingerprint density at radius 2 is 1.64 bits per heavy atom. The van der Waals surface area contributed by atoms with E-state index in [0.717, 1.165) is 0 Å². The molecule has 0 aliphatic heterocycles. The highest BCUT2D eigenvalue weighted by molar-refractivity contribution is 5.89. The minimum atomic E-state index is -0.136. The van der Waals surface area contributed by atoms with Crippen molar-refractivity contribution in [1.82, 2.24) is 4.90 Å². The summed E-state index contributed by atoms with van der Waals surface area (Å²) in [5.41, 5.74) is 0.614. The fourth-order valence-corrected chi connectivity index (χ4v) is 0.695. The van der Waals surface area contributed by atoms with Gasteiger partial charge in [-0.2, -0.15) is 0 Å². The standard InChI is InChI=1S/C12H15NO/c1-5-7-9-11(3)13(4)12(14)10-8-6-2/h5-10H,1-3H2,4H3/b9-7-,10-8-. The van der Waals surface area contributed by atoms with Crippen molar-refractivity contribution in [3.63, 3.8) is 0 Å². The van der Waals surface area contributed by atoms with Gasteiger partial charge in [-0.05, 0) is 6.08 Å². The number of amides is 1. The van der Waals surface area contributed by atoms with Crippen molar-refractivity contribution in [3.8, 4) is 0 Å². The van der Waals surface area contributed by atoms with Crippen LogP contribution in [-0.2, 0) is 4.79 Å². The molecule has 0 saturated heterocycles. The molecule has 0 atom stereocenters. The molecule has 2 heteroatoms. The second kappa shape index (κ2) is 6.66. The van der Waals surface area contributed by atoms with Crippen molar-refractivity contribution in [2.75, 3.05) is 7.05 Å². The molecule has 0 fully saturated rings. The lowest BCUT2D eigenvalue weighted by Crippen LogP contribution is -2.22. The van der Waals surface area contributed by atoms with E-state index in [2.05, 4.69) is 19.7 Å². The SMILES string of the molecule is C=C/C=C\C(=C)N(C)C(=O)/C=C\C=C. The van der Waals surface area contributed by atoms with Gasteiger partial charge in [-0.25, -0.2) is 0 Å². The summed E-state index contributed by atoms with van der Waals surface area (Å²) in [7, 11) is 1.66. The topological polar surface area (TPSA) is 20.3 Å². The highest BCUT2D eigenvalue weighted by atomic mass is 16.2. The minimum Gasteiger partial charge on any atom is -0.313 e. The lowest BCUT2D eigenvalue weighted by molar-refractivity contribution is -0.122. The number of hydrogen-bond acceptors (Lipinski definition) is 1. The Hall–Kier alpha value is -1.83. The van der Waals surface area contributed by atoms with Crippen molar-refractivity contribution in [1.29, 1.82) is 0 Å². The molecule has 14 heavy (non-hydrogen) atoms. The molecule has 0 N–H and O–H groups in total. The number of hydrogen-bond donors (Lipinski definition) is 0. The van der Waals surface area contributed by atoms with Gasteiger partial charge in [0.2, 0.25) is 0 Å². The first-order valence-corrected chi connectivity index (χ1v) is 4.18. The van der Waals surface area contributed by atoms with E-state index in [1.807, 2.05) is 0 Å². The third-order valence-electron chi connectivity index (χ3n) is 1.56. The summed E-state index contributed by atoms with van der Waals surface area (Å²) in [6.45, 7) is 10.7. The molecular formula is C12H15NO. The van der Waals surface area contributed by atoms with Gasteiger partial charge in [0.15, 0.2) is 0 Å². The summed E-state index contributed by atoms with van der Waals surface area (Å²) in [5.74, 6) is -0.136. The molecule has 0 heterocycles. The van der Waals surface area contributed by atoms with Crippen LogP contribution in [0, 0.1) is 0 Å². The molecule has 0 aromatic carbocycles. The Bertz CT molecular complexity index is 267. The number of likely N-dealkylation sites (N-methyl/N-ethyl adjacent to an activating group) is 1. The maximum Gasteiger partial charge on any atom is 0.250 e. The quantitative estimate of drug-likeness (QED) is 0.480. The van der Waals surface area contributed by atoms with E-state index in [0.29, 0.717) is 5.70 Å². The summed E-state index contributed by atoms with van der Waals surface area (Å²) in [6.07, 6.45) is 9.64. The first kappa shape index (κ1) is 12.2. The zero-order chi connectivity index (χ0) is 11.0. The second-order valence-corrected chi connectivity index (χ2v) is 2.58. The van der Waals surface area contributed by atoms with Crippen LogP contribution in [0.15, 0.2) is 61.9 Å². The molecule has 2 nitrogen and oxygen atoms in total. The molecule has 0 unspecified atom stereocenters. The fourth-order valence-electron chi connectivity index (χ4n) is 0.695. The smallest absolute Gasteiger partial charge is 0.250 e. The number of rotatable bonds is 5. The maximum atomic E-state index is 11.4. The van der Waals surface area contributed by atoms with Crippen molar-refractivity contribution in [2.45, 2.75) is 0 Å². The van der Waals surface area contributed by atoms with Gasteiger partial charge in [0.1, 0.15) is 0 Å². The van der Waals surface area contributed by atoms with E-state index in [1.165, 1.54) is 11.0 Å². The van der Waals surface area contributed by atoms with Gasteiger partial charge in [-0.1, -0.05) is 44.0 Å². The van der Waals surface area contributed by atoms with Gasteiger partial charge in [-0.15, -0.1) is 0 Å². The van der Waals surface area contributed by atoms with Crippen molar-refractivity contribution in [2.24, 2.45) is 0 Å². The highest BCUT2D eigenvalue weighted by Crippen LogP contribution is 2.01. The summed E-state index contributed by atoms with van der Waals surface area (Å²) in [6, 6.07) is 0. The Balaban J connectivity index is 4.38. The molecule has 0 radical (unpaired) electrons. The number of carbonyl (C=O) groups excluding carboxylic acids is 1. The Labute approximate surface area is 85.2 Å². The van der Waals surface area contributed by atoms with Gasteiger partial charge in [0.25, 0.3) is 5.91 Å². The normalized spacial score (nSPS) is 10.4. The molecular weight excluding hydrogens is 174 g/mol. The van der Waals surface area contributed by atoms with E-state index in [-0.39, 0.29) is 5.91 Å². The Morgan fingerprint density at radius 1 is 1.14 bits per heavy atom.